The Morgan fingerprint density at radius 1 is 1.05 bits per heavy atom. The summed E-state index contributed by atoms with van der Waals surface area (Å²) in [5, 5.41) is 9.93. The van der Waals surface area contributed by atoms with Crippen LogP contribution in [0.3, 0.4) is 0 Å². The number of rotatable bonds is 2. The predicted octanol–water partition coefficient (Wildman–Crippen LogP) is 2.90. The number of hydrogen-bond acceptors (Lipinski definition) is 4. The van der Waals surface area contributed by atoms with Gasteiger partial charge in [0.1, 0.15) is 5.52 Å². The van der Waals surface area contributed by atoms with Gasteiger partial charge in [0, 0.05) is 12.4 Å². The van der Waals surface area contributed by atoms with E-state index in [2.05, 4.69) is 24.9 Å². The van der Waals surface area contributed by atoms with Gasteiger partial charge in [-0.05, 0) is 24.3 Å². The lowest BCUT2D eigenvalue weighted by molar-refractivity contribution is 0.457. The van der Waals surface area contributed by atoms with Crippen molar-refractivity contribution < 1.29 is 5.11 Å². The Labute approximate surface area is 119 Å². The van der Waals surface area contributed by atoms with Gasteiger partial charge in [-0.2, -0.15) is 0 Å². The molecule has 0 fully saturated rings. The summed E-state index contributed by atoms with van der Waals surface area (Å²) in [5.41, 5.74) is 3.76. The molecule has 3 aromatic heterocycles. The lowest BCUT2D eigenvalue weighted by Gasteiger charge is -1.90. The van der Waals surface area contributed by atoms with Crippen molar-refractivity contribution in [1.29, 1.82) is 0 Å². The number of nitrogens with one attached hydrogen (secondary N) is 2. The second-order valence-electron chi connectivity index (χ2n) is 4.62. The van der Waals surface area contributed by atoms with Crippen LogP contribution < -0.4 is 0 Å². The van der Waals surface area contributed by atoms with Gasteiger partial charge in [0.2, 0.25) is 5.95 Å². The van der Waals surface area contributed by atoms with E-state index < -0.39 is 0 Å². The fraction of sp³-hybridized carbons (Fsp3) is 0. The molecule has 0 aliphatic rings. The van der Waals surface area contributed by atoms with Crippen molar-refractivity contribution in [2.24, 2.45) is 4.99 Å². The fourth-order valence-corrected chi connectivity index (χ4v) is 2.28. The molecular weight excluding hydrogens is 266 g/mol. The van der Waals surface area contributed by atoms with Crippen LogP contribution in [0.4, 0.5) is 5.95 Å². The summed E-state index contributed by atoms with van der Waals surface area (Å²) in [6, 6.07) is 11.4. The summed E-state index contributed by atoms with van der Waals surface area (Å²) < 4.78 is 0. The average Bonchev–Trinajstić information content (AvgIpc) is 3.04. The third-order valence-corrected chi connectivity index (χ3v) is 3.26. The topological polar surface area (TPSA) is 89.9 Å². The van der Waals surface area contributed by atoms with E-state index in [0.29, 0.717) is 17.0 Å². The highest BCUT2D eigenvalue weighted by molar-refractivity contribution is 6.00. The summed E-state index contributed by atoms with van der Waals surface area (Å²) in [6.45, 7) is 0. The summed E-state index contributed by atoms with van der Waals surface area (Å²) in [5.74, 6) is 0.532. The molecular formula is C15H11N5O. The number of nitrogens with zero attached hydrogens (tertiary/aromatic N) is 3. The lowest BCUT2D eigenvalue weighted by Crippen LogP contribution is -1.81. The maximum Gasteiger partial charge on any atom is 0.227 e. The van der Waals surface area contributed by atoms with Gasteiger partial charge in [0.15, 0.2) is 5.88 Å². The van der Waals surface area contributed by atoms with E-state index >= 15 is 0 Å². The molecule has 0 unspecified atom stereocenters. The third-order valence-electron chi connectivity index (χ3n) is 3.26. The van der Waals surface area contributed by atoms with Crippen molar-refractivity contribution in [2.75, 3.05) is 0 Å². The first kappa shape index (κ1) is 11.7. The van der Waals surface area contributed by atoms with Gasteiger partial charge in [-0.25, -0.2) is 9.98 Å². The maximum absolute atomic E-state index is 9.93. The number of hydrogen-bond donors (Lipinski definition) is 3. The quantitative estimate of drug-likeness (QED) is 0.492. The Morgan fingerprint density at radius 2 is 1.90 bits per heavy atom. The molecule has 1 aromatic carbocycles. The number of aromatic nitrogens is 4. The number of fused-ring (bicyclic) bond motifs is 2. The van der Waals surface area contributed by atoms with Gasteiger partial charge < -0.3 is 15.1 Å². The van der Waals surface area contributed by atoms with Gasteiger partial charge in [-0.3, -0.25) is 4.98 Å². The lowest BCUT2D eigenvalue weighted by atomic mass is 10.3. The molecule has 3 N–H and O–H groups in total. The number of aromatic hydroxyl groups is 1. The minimum Gasteiger partial charge on any atom is -0.494 e. The van der Waals surface area contributed by atoms with Gasteiger partial charge in [-0.15, -0.1) is 0 Å². The number of H-pyrrole nitrogens is 2. The van der Waals surface area contributed by atoms with Crippen LogP contribution in [-0.4, -0.2) is 31.3 Å². The predicted molar refractivity (Wildman–Crippen MR) is 81.1 cm³/mol. The highest BCUT2D eigenvalue weighted by Gasteiger charge is 2.09. The molecule has 6 nitrogen and oxygen atoms in total. The number of aromatic amines is 2. The Kier molecular flexibility index (Phi) is 2.47. The molecule has 6 heteroatoms. The maximum atomic E-state index is 9.93. The Morgan fingerprint density at radius 3 is 2.81 bits per heavy atom. The molecule has 0 atom stereocenters. The zero-order valence-corrected chi connectivity index (χ0v) is 10.9. The van der Waals surface area contributed by atoms with Gasteiger partial charge >= 0.3 is 0 Å². The number of aliphatic imine (C=N–C) groups is 1. The van der Waals surface area contributed by atoms with Crippen molar-refractivity contribution in [3.05, 3.63) is 48.2 Å². The molecule has 0 saturated heterocycles. The Balaban J connectivity index is 1.78. The van der Waals surface area contributed by atoms with Gasteiger partial charge in [0.05, 0.1) is 22.1 Å². The zero-order valence-electron chi connectivity index (χ0n) is 10.9. The number of para-hydroxylation sites is 2. The summed E-state index contributed by atoms with van der Waals surface area (Å²) >= 11 is 0. The first-order valence-electron chi connectivity index (χ1n) is 6.46. The van der Waals surface area contributed by atoms with Crippen molar-refractivity contribution in [1.82, 2.24) is 19.9 Å². The van der Waals surface area contributed by atoms with E-state index in [4.69, 9.17) is 0 Å². The minimum absolute atomic E-state index is 0.0450. The molecule has 0 amide bonds. The second kappa shape index (κ2) is 4.45. The standard InChI is InChI=1S/C15H11N5O/c21-14-9(13-12(18-14)6-3-7-16-13)8-17-15-19-10-4-1-2-5-11(10)20-15/h1-8,18,21H,(H,19,20). The highest BCUT2D eigenvalue weighted by Crippen LogP contribution is 2.24. The molecule has 0 aliphatic carbocycles. The molecule has 21 heavy (non-hydrogen) atoms. The number of pyridine rings is 1. The van der Waals surface area contributed by atoms with Gasteiger partial charge in [0.25, 0.3) is 0 Å². The highest BCUT2D eigenvalue weighted by atomic mass is 16.3. The molecule has 3 heterocycles. The monoisotopic (exact) mass is 277 g/mol. The van der Waals surface area contributed by atoms with Crippen LogP contribution >= 0.6 is 0 Å². The van der Waals surface area contributed by atoms with E-state index in [-0.39, 0.29) is 5.88 Å². The van der Waals surface area contributed by atoms with Crippen LogP contribution in [-0.2, 0) is 0 Å². The Hall–Kier alpha value is -3.15. The average molecular weight is 277 g/mol. The smallest absolute Gasteiger partial charge is 0.227 e. The molecule has 0 bridgehead atoms. The van der Waals surface area contributed by atoms with Crippen molar-refractivity contribution >= 4 is 34.2 Å². The largest absolute Gasteiger partial charge is 0.494 e. The summed E-state index contributed by atoms with van der Waals surface area (Å²) in [6.07, 6.45) is 3.23. The van der Waals surface area contributed by atoms with Crippen molar-refractivity contribution in [3.8, 4) is 5.88 Å². The minimum atomic E-state index is 0.0450. The second-order valence-corrected chi connectivity index (χ2v) is 4.62. The van der Waals surface area contributed by atoms with Crippen LogP contribution in [0.5, 0.6) is 5.88 Å². The van der Waals surface area contributed by atoms with Crippen LogP contribution in [0.15, 0.2) is 47.6 Å². The molecule has 0 radical (unpaired) electrons. The van der Waals surface area contributed by atoms with Crippen LogP contribution in [0, 0.1) is 0 Å². The van der Waals surface area contributed by atoms with E-state index in [1.54, 1.807) is 18.5 Å². The first-order valence-corrected chi connectivity index (χ1v) is 6.46. The van der Waals surface area contributed by atoms with Crippen molar-refractivity contribution in [2.45, 2.75) is 0 Å². The van der Waals surface area contributed by atoms with E-state index in [1.165, 1.54) is 0 Å². The van der Waals surface area contributed by atoms with Crippen molar-refractivity contribution in [3.63, 3.8) is 0 Å². The molecule has 0 saturated carbocycles. The summed E-state index contributed by atoms with van der Waals surface area (Å²) in [4.78, 5) is 18.9. The first-order chi connectivity index (χ1) is 10.3. The van der Waals surface area contributed by atoms with E-state index in [0.717, 1.165) is 16.6 Å². The Bertz CT molecular complexity index is 933. The number of imidazole rings is 1. The van der Waals surface area contributed by atoms with E-state index in [9.17, 15) is 5.11 Å². The van der Waals surface area contributed by atoms with Crippen LogP contribution in [0.2, 0.25) is 0 Å². The molecule has 4 rings (SSSR count). The molecule has 0 aliphatic heterocycles. The van der Waals surface area contributed by atoms with Crippen LogP contribution in [0.1, 0.15) is 5.56 Å². The molecule has 4 aromatic rings. The molecule has 0 spiro atoms. The fourth-order valence-electron chi connectivity index (χ4n) is 2.28. The molecule has 102 valence electrons. The normalized spacial score (nSPS) is 11.8. The SMILES string of the molecule is Oc1[nH]c2cccnc2c1C=Nc1nc2ccccc2[nH]1. The summed E-state index contributed by atoms with van der Waals surface area (Å²) in [7, 11) is 0. The number of benzene rings is 1. The zero-order chi connectivity index (χ0) is 14.2. The van der Waals surface area contributed by atoms with Crippen LogP contribution in [0.25, 0.3) is 22.1 Å². The van der Waals surface area contributed by atoms with E-state index in [1.807, 2.05) is 30.3 Å². The third kappa shape index (κ3) is 1.93. The van der Waals surface area contributed by atoms with Gasteiger partial charge in [-0.1, -0.05) is 12.1 Å².